The number of nitrogens with two attached hydrogens (primary N) is 1. The minimum absolute atomic E-state index is 0.256. The van der Waals surface area contributed by atoms with Crippen LogP contribution in [0.2, 0.25) is 0 Å². The molecule has 0 unspecified atom stereocenters. The fraction of sp³-hybridized carbons (Fsp3) is 0.385. The number of rotatable bonds is 6. The second kappa shape index (κ2) is 5.63. The molecule has 0 amide bonds. The highest BCUT2D eigenvalue weighted by Gasteiger charge is 2.18. The Labute approximate surface area is 113 Å². The van der Waals surface area contributed by atoms with Crippen molar-refractivity contribution in [3.63, 3.8) is 0 Å². The van der Waals surface area contributed by atoms with Crippen molar-refractivity contribution < 1.29 is 8.42 Å². The van der Waals surface area contributed by atoms with Crippen molar-refractivity contribution in [3.05, 3.63) is 24.4 Å². The number of aromatic nitrogens is 1. The molecule has 0 aliphatic carbocycles. The molecule has 4 N–H and O–H groups in total. The van der Waals surface area contributed by atoms with Gasteiger partial charge in [-0.2, -0.15) is 0 Å². The zero-order valence-electron chi connectivity index (χ0n) is 10.9. The van der Waals surface area contributed by atoms with E-state index in [1.54, 1.807) is 18.2 Å². The van der Waals surface area contributed by atoms with Crippen LogP contribution >= 0.6 is 0 Å². The molecule has 0 saturated heterocycles. The highest BCUT2D eigenvalue weighted by Crippen LogP contribution is 2.24. The van der Waals surface area contributed by atoms with Crippen molar-refractivity contribution in [1.82, 2.24) is 9.71 Å². The molecule has 0 saturated carbocycles. The Balaban J connectivity index is 2.25. The summed E-state index contributed by atoms with van der Waals surface area (Å²) in [4.78, 5) is 3.20. The smallest absolute Gasteiger partial charge is 0.242 e. The molecular formula is C13H19N3O2S. The number of sulfonamides is 1. The summed E-state index contributed by atoms with van der Waals surface area (Å²) in [5.41, 5.74) is 7.02. The van der Waals surface area contributed by atoms with Crippen molar-refractivity contribution in [2.45, 2.75) is 31.1 Å². The summed E-state index contributed by atoms with van der Waals surface area (Å²) in [6.45, 7) is 2.54. The van der Waals surface area contributed by atoms with E-state index in [2.05, 4.69) is 16.6 Å². The van der Waals surface area contributed by atoms with Gasteiger partial charge in [0.1, 0.15) is 4.90 Å². The average Bonchev–Trinajstić information content (AvgIpc) is 2.78. The van der Waals surface area contributed by atoms with Crippen LogP contribution in [0.25, 0.3) is 10.9 Å². The Hall–Kier alpha value is -1.53. The third kappa shape index (κ3) is 3.08. The van der Waals surface area contributed by atoms with E-state index >= 15 is 0 Å². The van der Waals surface area contributed by atoms with E-state index in [4.69, 9.17) is 5.73 Å². The Morgan fingerprint density at radius 2 is 2.11 bits per heavy atom. The number of fused-ring (bicyclic) bond motifs is 1. The van der Waals surface area contributed by atoms with Crippen molar-refractivity contribution in [2.75, 3.05) is 12.3 Å². The number of nitrogen functional groups attached to an aromatic ring is 1. The number of benzene rings is 1. The van der Waals surface area contributed by atoms with Crippen LogP contribution in [-0.4, -0.2) is 19.9 Å². The van der Waals surface area contributed by atoms with Crippen molar-refractivity contribution in [1.29, 1.82) is 0 Å². The number of hydrogen-bond acceptors (Lipinski definition) is 3. The number of H-pyrrole nitrogens is 1. The van der Waals surface area contributed by atoms with Crippen LogP contribution in [0.15, 0.2) is 29.3 Å². The lowest BCUT2D eigenvalue weighted by Crippen LogP contribution is -2.24. The van der Waals surface area contributed by atoms with E-state index in [1.807, 2.05) is 0 Å². The number of unbranched alkanes of at least 4 members (excludes halogenated alkanes) is 2. The van der Waals surface area contributed by atoms with E-state index in [9.17, 15) is 8.42 Å². The second-order valence-corrected chi connectivity index (χ2v) is 6.30. The van der Waals surface area contributed by atoms with Crippen LogP contribution in [0.5, 0.6) is 0 Å². The van der Waals surface area contributed by atoms with Crippen molar-refractivity contribution in [2.24, 2.45) is 0 Å². The molecule has 5 nitrogen and oxygen atoms in total. The number of nitrogens with one attached hydrogen (secondary N) is 2. The van der Waals surface area contributed by atoms with E-state index in [-0.39, 0.29) is 4.90 Å². The summed E-state index contributed by atoms with van der Waals surface area (Å²) in [5, 5.41) is 0.628. The molecular weight excluding hydrogens is 262 g/mol. The summed E-state index contributed by atoms with van der Waals surface area (Å²) < 4.78 is 27.0. The first-order valence-corrected chi connectivity index (χ1v) is 7.89. The van der Waals surface area contributed by atoms with Gasteiger partial charge in [0, 0.05) is 29.3 Å². The molecule has 1 aromatic heterocycles. The van der Waals surface area contributed by atoms with Crippen molar-refractivity contribution in [3.8, 4) is 0 Å². The standard InChI is InChI=1S/C13H19N3O2S/c1-2-3-4-7-16-19(17,18)13-9-15-12-6-5-10(14)8-11(12)13/h5-6,8-9,15-16H,2-4,7,14H2,1H3. The van der Waals surface area contributed by atoms with Gasteiger partial charge in [0.2, 0.25) is 10.0 Å². The molecule has 0 aliphatic heterocycles. The Morgan fingerprint density at radius 3 is 2.84 bits per heavy atom. The zero-order valence-corrected chi connectivity index (χ0v) is 11.8. The van der Waals surface area contributed by atoms with Gasteiger partial charge in [-0.15, -0.1) is 0 Å². The first-order valence-electron chi connectivity index (χ1n) is 6.41. The van der Waals surface area contributed by atoms with E-state index in [1.165, 1.54) is 6.20 Å². The van der Waals surface area contributed by atoms with E-state index in [0.29, 0.717) is 17.6 Å². The normalized spacial score (nSPS) is 12.1. The molecule has 0 radical (unpaired) electrons. The lowest BCUT2D eigenvalue weighted by molar-refractivity contribution is 0.577. The molecule has 0 aliphatic rings. The molecule has 1 aromatic carbocycles. The van der Waals surface area contributed by atoms with Crippen LogP contribution in [0.4, 0.5) is 5.69 Å². The minimum Gasteiger partial charge on any atom is -0.399 e. The Kier molecular flexibility index (Phi) is 4.11. The Bertz CT molecular complexity index is 662. The van der Waals surface area contributed by atoms with E-state index < -0.39 is 10.0 Å². The summed E-state index contributed by atoms with van der Waals surface area (Å²) in [5.74, 6) is 0. The third-order valence-corrected chi connectivity index (χ3v) is 4.53. The average molecular weight is 281 g/mol. The van der Waals surface area contributed by atoms with Gasteiger partial charge in [-0.05, 0) is 24.6 Å². The highest BCUT2D eigenvalue weighted by atomic mass is 32.2. The van der Waals surface area contributed by atoms with Crippen LogP contribution < -0.4 is 10.5 Å². The van der Waals surface area contributed by atoms with Gasteiger partial charge in [0.05, 0.1) is 0 Å². The molecule has 104 valence electrons. The third-order valence-electron chi connectivity index (χ3n) is 3.03. The second-order valence-electron chi connectivity index (χ2n) is 4.56. The highest BCUT2D eigenvalue weighted by molar-refractivity contribution is 7.89. The SMILES string of the molecule is CCCCCNS(=O)(=O)c1c[nH]c2ccc(N)cc12. The van der Waals surface area contributed by atoms with Gasteiger partial charge in [0.25, 0.3) is 0 Å². The van der Waals surface area contributed by atoms with Crippen LogP contribution in [-0.2, 0) is 10.0 Å². The summed E-state index contributed by atoms with van der Waals surface area (Å²) in [6.07, 6.45) is 4.43. The van der Waals surface area contributed by atoms with Gasteiger partial charge in [-0.25, -0.2) is 13.1 Å². The van der Waals surface area contributed by atoms with Gasteiger partial charge in [-0.1, -0.05) is 19.8 Å². The minimum atomic E-state index is -3.48. The quantitative estimate of drug-likeness (QED) is 0.560. The number of anilines is 1. The predicted molar refractivity (Wildman–Crippen MR) is 77.4 cm³/mol. The van der Waals surface area contributed by atoms with Gasteiger partial charge in [-0.3, -0.25) is 0 Å². The van der Waals surface area contributed by atoms with Crippen molar-refractivity contribution >= 4 is 26.6 Å². The first-order chi connectivity index (χ1) is 9.04. The predicted octanol–water partition coefficient (Wildman–Crippen LogP) is 2.22. The Morgan fingerprint density at radius 1 is 1.32 bits per heavy atom. The zero-order chi connectivity index (χ0) is 13.9. The maximum Gasteiger partial charge on any atom is 0.242 e. The van der Waals surface area contributed by atoms with E-state index in [0.717, 1.165) is 24.8 Å². The largest absolute Gasteiger partial charge is 0.399 e. The maximum absolute atomic E-state index is 12.2. The molecule has 0 spiro atoms. The molecule has 6 heteroatoms. The first kappa shape index (κ1) is 13.9. The number of aromatic amines is 1. The lowest BCUT2D eigenvalue weighted by Gasteiger charge is -2.05. The molecule has 0 atom stereocenters. The molecule has 0 fully saturated rings. The summed E-state index contributed by atoms with van der Waals surface area (Å²) >= 11 is 0. The van der Waals surface area contributed by atoms with Gasteiger partial charge >= 0.3 is 0 Å². The fourth-order valence-electron chi connectivity index (χ4n) is 1.99. The maximum atomic E-state index is 12.2. The lowest BCUT2D eigenvalue weighted by atomic mass is 10.2. The van der Waals surface area contributed by atoms with Crippen LogP contribution in [0.1, 0.15) is 26.2 Å². The topological polar surface area (TPSA) is 88.0 Å². The fourth-order valence-corrected chi connectivity index (χ4v) is 3.24. The monoisotopic (exact) mass is 281 g/mol. The van der Waals surface area contributed by atoms with Crippen LogP contribution in [0.3, 0.4) is 0 Å². The molecule has 0 bridgehead atoms. The van der Waals surface area contributed by atoms with Gasteiger partial charge in [0.15, 0.2) is 0 Å². The molecule has 19 heavy (non-hydrogen) atoms. The molecule has 2 rings (SSSR count). The molecule has 2 aromatic rings. The summed E-state index contributed by atoms with van der Waals surface area (Å²) in [6, 6.07) is 5.19. The van der Waals surface area contributed by atoms with Gasteiger partial charge < -0.3 is 10.7 Å². The molecule has 1 heterocycles. The summed E-state index contributed by atoms with van der Waals surface area (Å²) in [7, 11) is -3.48. The van der Waals surface area contributed by atoms with Crippen LogP contribution in [0, 0.1) is 0 Å². The number of hydrogen-bond donors (Lipinski definition) is 3.